The lowest BCUT2D eigenvalue weighted by atomic mass is 10.4. The molecule has 0 aliphatic heterocycles. The molecular formula is C7H6F3NOS. The summed E-state index contributed by atoms with van der Waals surface area (Å²) in [4.78, 5) is -0.512. The highest BCUT2D eigenvalue weighted by molar-refractivity contribution is 7.93. The predicted molar refractivity (Wildman–Crippen MR) is 41.6 cm³/mol. The van der Waals surface area contributed by atoms with E-state index in [0.29, 0.717) is 0 Å². The molecule has 0 aromatic heterocycles. The van der Waals surface area contributed by atoms with Gasteiger partial charge in [-0.2, -0.15) is 13.2 Å². The molecule has 0 spiro atoms. The van der Waals surface area contributed by atoms with Gasteiger partial charge < -0.3 is 0 Å². The summed E-state index contributed by atoms with van der Waals surface area (Å²) in [7, 11) is -4.68. The molecule has 0 radical (unpaired) electrons. The Bertz CT molecular complexity index is 382. The van der Waals surface area contributed by atoms with Crippen molar-refractivity contribution >= 4 is 9.73 Å². The number of hydrogen-bond acceptors (Lipinski definition) is 2. The number of benzene rings is 1. The van der Waals surface area contributed by atoms with Crippen molar-refractivity contribution in [1.29, 1.82) is 4.78 Å². The van der Waals surface area contributed by atoms with E-state index in [9.17, 15) is 17.4 Å². The maximum absolute atomic E-state index is 12.1. The van der Waals surface area contributed by atoms with E-state index in [4.69, 9.17) is 4.78 Å². The van der Waals surface area contributed by atoms with Crippen LogP contribution >= 0.6 is 0 Å². The third-order valence-corrected chi connectivity index (χ3v) is 2.99. The molecule has 1 rings (SSSR count). The van der Waals surface area contributed by atoms with Crippen molar-refractivity contribution in [2.45, 2.75) is 10.4 Å². The fraction of sp³-hybridized carbons (Fsp3) is 0.143. The lowest BCUT2D eigenvalue weighted by Gasteiger charge is -2.10. The number of halogens is 3. The Morgan fingerprint density at radius 1 is 1.15 bits per heavy atom. The van der Waals surface area contributed by atoms with Crippen molar-refractivity contribution in [1.82, 2.24) is 0 Å². The van der Waals surface area contributed by atoms with Gasteiger partial charge in [0.05, 0.1) is 4.90 Å². The van der Waals surface area contributed by atoms with Crippen LogP contribution in [0.4, 0.5) is 13.2 Å². The van der Waals surface area contributed by atoms with E-state index in [0.717, 1.165) is 12.1 Å². The SMILES string of the molecule is N=[S@@](=O)(c1ccccc1)C(F)(F)F. The molecule has 13 heavy (non-hydrogen) atoms. The summed E-state index contributed by atoms with van der Waals surface area (Å²) in [5.74, 6) is 0. The first-order valence-electron chi connectivity index (χ1n) is 3.26. The first-order valence-corrected chi connectivity index (χ1v) is 4.81. The smallest absolute Gasteiger partial charge is 0.241 e. The summed E-state index contributed by atoms with van der Waals surface area (Å²) in [5.41, 5.74) is -5.01. The molecule has 1 aromatic carbocycles. The second kappa shape index (κ2) is 3.02. The summed E-state index contributed by atoms with van der Waals surface area (Å²) in [6, 6.07) is 6.19. The van der Waals surface area contributed by atoms with Gasteiger partial charge in [-0.25, -0.2) is 8.99 Å². The van der Waals surface area contributed by atoms with E-state index in [1.165, 1.54) is 18.2 Å². The molecule has 72 valence electrons. The van der Waals surface area contributed by atoms with E-state index >= 15 is 0 Å². The Labute approximate surface area is 73.4 Å². The number of rotatable bonds is 1. The van der Waals surface area contributed by atoms with Crippen LogP contribution in [-0.4, -0.2) is 9.72 Å². The van der Waals surface area contributed by atoms with Crippen molar-refractivity contribution in [3.8, 4) is 0 Å². The van der Waals surface area contributed by atoms with E-state index in [-0.39, 0.29) is 0 Å². The zero-order valence-electron chi connectivity index (χ0n) is 6.34. The van der Waals surface area contributed by atoms with Gasteiger partial charge in [0, 0.05) is 0 Å². The third-order valence-electron chi connectivity index (χ3n) is 1.40. The fourth-order valence-electron chi connectivity index (χ4n) is 0.746. The van der Waals surface area contributed by atoms with Crippen LogP contribution in [0.25, 0.3) is 0 Å². The molecule has 0 bridgehead atoms. The van der Waals surface area contributed by atoms with Gasteiger partial charge >= 0.3 is 5.51 Å². The van der Waals surface area contributed by atoms with Crippen molar-refractivity contribution in [2.75, 3.05) is 0 Å². The van der Waals surface area contributed by atoms with Crippen molar-refractivity contribution < 1.29 is 17.4 Å². The summed E-state index contributed by atoms with van der Waals surface area (Å²) in [6.07, 6.45) is 0. The Morgan fingerprint density at radius 3 is 2.00 bits per heavy atom. The summed E-state index contributed by atoms with van der Waals surface area (Å²) < 4.78 is 53.8. The largest absolute Gasteiger partial charge is 0.483 e. The van der Waals surface area contributed by atoms with Gasteiger partial charge in [-0.3, -0.25) is 0 Å². The molecule has 0 heterocycles. The van der Waals surface area contributed by atoms with E-state index < -0.39 is 20.1 Å². The van der Waals surface area contributed by atoms with Crippen LogP contribution in [0.3, 0.4) is 0 Å². The molecule has 6 heteroatoms. The van der Waals surface area contributed by atoms with Crippen molar-refractivity contribution in [3.63, 3.8) is 0 Å². The molecule has 0 unspecified atom stereocenters. The van der Waals surface area contributed by atoms with Crippen LogP contribution in [-0.2, 0) is 9.73 Å². The molecule has 2 nitrogen and oxygen atoms in total. The molecule has 1 atom stereocenters. The maximum atomic E-state index is 12.1. The van der Waals surface area contributed by atoms with Crippen LogP contribution in [0.1, 0.15) is 0 Å². The fourth-order valence-corrected chi connectivity index (χ4v) is 1.55. The zero-order valence-corrected chi connectivity index (χ0v) is 7.15. The van der Waals surface area contributed by atoms with E-state index in [1.54, 1.807) is 0 Å². The minimum atomic E-state index is -5.01. The minimum Gasteiger partial charge on any atom is -0.241 e. The van der Waals surface area contributed by atoms with Crippen LogP contribution in [0.2, 0.25) is 0 Å². The van der Waals surface area contributed by atoms with Gasteiger partial charge in [0.15, 0.2) is 9.73 Å². The van der Waals surface area contributed by atoms with Crippen molar-refractivity contribution in [2.24, 2.45) is 0 Å². The van der Waals surface area contributed by atoms with Gasteiger partial charge in [0.2, 0.25) is 0 Å². The van der Waals surface area contributed by atoms with Crippen LogP contribution < -0.4 is 0 Å². The first-order chi connectivity index (χ1) is 5.86. The number of hydrogen-bond donors (Lipinski definition) is 1. The predicted octanol–water partition coefficient (Wildman–Crippen LogP) is 2.61. The Morgan fingerprint density at radius 2 is 1.62 bits per heavy atom. The molecule has 0 aliphatic carbocycles. The molecule has 1 N–H and O–H groups in total. The van der Waals surface area contributed by atoms with Gasteiger partial charge in [-0.05, 0) is 12.1 Å². The Hall–Kier alpha value is -1.04. The second-order valence-corrected chi connectivity index (χ2v) is 4.36. The average Bonchev–Trinajstić information content (AvgIpc) is 2.04. The lowest BCUT2D eigenvalue weighted by molar-refractivity contribution is -0.0406. The van der Waals surface area contributed by atoms with Gasteiger partial charge in [-0.1, -0.05) is 18.2 Å². The zero-order chi connectivity index (χ0) is 10.1. The normalized spacial score (nSPS) is 16.5. The number of nitrogens with one attached hydrogen (secondary N) is 1. The minimum absolute atomic E-state index is 0.512. The highest BCUT2D eigenvalue weighted by Gasteiger charge is 2.42. The molecule has 0 saturated carbocycles. The highest BCUT2D eigenvalue weighted by atomic mass is 32.2. The van der Waals surface area contributed by atoms with Gasteiger partial charge in [0.25, 0.3) is 0 Å². The van der Waals surface area contributed by atoms with E-state index in [2.05, 4.69) is 0 Å². The molecule has 0 aliphatic rings. The average molecular weight is 209 g/mol. The Kier molecular flexibility index (Phi) is 2.34. The van der Waals surface area contributed by atoms with Crippen LogP contribution in [0.5, 0.6) is 0 Å². The van der Waals surface area contributed by atoms with Crippen molar-refractivity contribution in [3.05, 3.63) is 30.3 Å². The third kappa shape index (κ3) is 1.82. The first kappa shape index (κ1) is 10.0. The van der Waals surface area contributed by atoms with E-state index in [1.807, 2.05) is 0 Å². The van der Waals surface area contributed by atoms with Crippen LogP contribution in [0.15, 0.2) is 35.2 Å². The van der Waals surface area contributed by atoms with Gasteiger partial charge in [0.1, 0.15) is 0 Å². The number of alkyl halides is 3. The second-order valence-electron chi connectivity index (χ2n) is 2.31. The monoisotopic (exact) mass is 209 g/mol. The summed E-state index contributed by atoms with van der Waals surface area (Å²) in [6.45, 7) is 0. The lowest BCUT2D eigenvalue weighted by Crippen LogP contribution is -2.21. The molecule has 1 aromatic rings. The molecule has 0 fully saturated rings. The Balaban J connectivity index is 3.26. The standard InChI is InChI=1S/C7H6F3NOS/c8-7(9,10)13(11,12)6-4-2-1-3-5-6/h1-5,11H/t13-/m1/s1. The topological polar surface area (TPSA) is 40.9 Å². The van der Waals surface area contributed by atoms with Crippen LogP contribution in [0, 0.1) is 4.78 Å². The maximum Gasteiger partial charge on any atom is 0.483 e. The van der Waals surface area contributed by atoms with Gasteiger partial charge in [-0.15, -0.1) is 0 Å². The molecular weight excluding hydrogens is 203 g/mol. The summed E-state index contributed by atoms with van der Waals surface area (Å²) in [5, 5.41) is 0. The highest BCUT2D eigenvalue weighted by Crippen LogP contribution is 2.30. The summed E-state index contributed by atoms with van der Waals surface area (Å²) >= 11 is 0. The molecule has 0 amide bonds. The quantitative estimate of drug-likeness (QED) is 0.758. The molecule has 0 saturated heterocycles.